The number of rotatable bonds is 3. The van der Waals surface area contributed by atoms with Crippen molar-refractivity contribution >= 4 is 15.9 Å². The highest BCUT2D eigenvalue weighted by Gasteiger charge is 2.31. The molecule has 0 N–H and O–H groups in total. The summed E-state index contributed by atoms with van der Waals surface area (Å²) in [6, 6.07) is 7.73. The summed E-state index contributed by atoms with van der Waals surface area (Å²) < 4.78 is 24.7. The highest BCUT2D eigenvalue weighted by Crippen LogP contribution is 2.15. The minimum absolute atomic E-state index is 0.0561. The van der Waals surface area contributed by atoms with Crippen molar-refractivity contribution < 1.29 is 13.2 Å². The van der Waals surface area contributed by atoms with Gasteiger partial charge >= 0.3 is 0 Å². The van der Waals surface area contributed by atoms with E-state index >= 15 is 0 Å². The molecule has 0 radical (unpaired) electrons. The fourth-order valence-corrected chi connectivity index (χ4v) is 3.90. The SMILES string of the molecule is Cc1cccc(CC(=O)N2CCN(S(C)(=O)=O)[C@@H](C)C2)c1. The molecule has 1 aromatic rings. The van der Waals surface area contributed by atoms with Crippen molar-refractivity contribution in [2.45, 2.75) is 26.3 Å². The Morgan fingerprint density at radius 3 is 2.62 bits per heavy atom. The van der Waals surface area contributed by atoms with Gasteiger partial charge in [-0.15, -0.1) is 0 Å². The predicted octanol–water partition coefficient (Wildman–Crippen LogP) is 1.03. The number of hydrogen-bond donors (Lipinski definition) is 0. The molecule has 5 nitrogen and oxygen atoms in total. The second-order valence-corrected chi connectivity index (χ2v) is 7.66. The first-order valence-electron chi connectivity index (χ1n) is 7.07. The summed E-state index contributed by atoms with van der Waals surface area (Å²) in [4.78, 5) is 14.1. The molecule has 1 aliphatic heterocycles. The molecule has 1 amide bonds. The van der Waals surface area contributed by atoms with E-state index in [1.807, 2.05) is 38.1 Å². The van der Waals surface area contributed by atoms with Crippen molar-refractivity contribution in [3.05, 3.63) is 35.4 Å². The number of nitrogens with zero attached hydrogens (tertiary/aromatic N) is 2. The minimum atomic E-state index is -3.19. The highest BCUT2D eigenvalue weighted by atomic mass is 32.2. The van der Waals surface area contributed by atoms with Gasteiger partial charge in [-0.1, -0.05) is 29.8 Å². The Morgan fingerprint density at radius 2 is 2.05 bits per heavy atom. The Hall–Kier alpha value is -1.40. The third kappa shape index (κ3) is 4.04. The number of carbonyl (C=O) groups is 1. The first kappa shape index (κ1) is 16.0. The number of piperazine rings is 1. The van der Waals surface area contributed by atoms with E-state index in [4.69, 9.17) is 0 Å². The molecule has 0 spiro atoms. The van der Waals surface area contributed by atoms with Crippen LogP contribution in [-0.2, 0) is 21.2 Å². The molecular weight excluding hydrogens is 288 g/mol. The summed E-state index contributed by atoms with van der Waals surface area (Å²) in [5, 5.41) is 0. The third-order valence-corrected chi connectivity index (χ3v) is 5.18. The van der Waals surface area contributed by atoms with Crippen LogP contribution >= 0.6 is 0 Å². The number of carbonyl (C=O) groups excluding carboxylic acids is 1. The van der Waals surface area contributed by atoms with Gasteiger partial charge in [-0.2, -0.15) is 4.31 Å². The van der Waals surface area contributed by atoms with Crippen LogP contribution in [0.3, 0.4) is 0 Å². The lowest BCUT2D eigenvalue weighted by molar-refractivity contribution is -0.132. The van der Waals surface area contributed by atoms with Gasteiger partial charge in [0.2, 0.25) is 15.9 Å². The smallest absolute Gasteiger partial charge is 0.227 e. The number of hydrogen-bond acceptors (Lipinski definition) is 3. The van der Waals surface area contributed by atoms with Crippen LogP contribution in [0, 0.1) is 6.92 Å². The second-order valence-electron chi connectivity index (χ2n) is 5.73. The monoisotopic (exact) mass is 310 g/mol. The van der Waals surface area contributed by atoms with E-state index < -0.39 is 10.0 Å². The average Bonchev–Trinajstić information content (AvgIpc) is 2.37. The summed E-state index contributed by atoms with van der Waals surface area (Å²) in [5.41, 5.74) is 2.13. The summed E-state index contributed by atoms with van der Waals surface area (Å²) in [7, 11) is -3.19. The molecule has 2 rings (SSSR count). The van der Waals surface area contributed by atoms with E-state index in [9.17, 15) is 13.2 Å². The Kier molecular flexibility index (Phi) is 4.68. The van der Waals surface area contributed by atoms with Gasteiger partial charge < -0.3 is 4.90 Å². The molecule has 1 heterocycles. The highest BCUT2D eigenvalue weighted by molar-refractivity contribution is 7.88. The lowest BCUT2D eigenvalue weighted by Gasteiger charge is -2.38. The van der Waals surface area contributed by atoms with Crippen molar-refractivity contribution in [3.63, 3.8) is 0 Å². The molecule has 0 bridgehead atoms. The van der Waals surface area contributed by atoms with Gasteiger partial charge in [0, 0.05) is 25.7 Å². The van der Waals surface area contributed by atoms with Gasteiger partial charge in [-0.25, -0.2) is 8.42 Å². The summed E-state index contributed by atoms with van der Waals surface area (Å²) in [5.74, 6) is 0.0561. The lowest BCUT2D eigenvalue weighted by atomic mass is 10.1. The zero-order valence-electron chi connectivity index (χ0n) is 12.7. The van der Waals surface area contributed by atoms with E-state index in [2.05, 4.69) is 0 Å². The fraction of sp³-hybridized carbons (Fsp3) is 0.533. The first-order chi connectivity index (χ1) is 9.77. The number of sulfonamides is 1. The van der Waals surface area contributed by atoms with Crippen LogP contribution in [0.15, 0.2) is 24.3 Å². The lowest BCUT2D eigenvalue weighted by Crippen LogP contribution is -2.55. The van der Waals surface area contributed by atoms with Crippen molar-refractivity contribution in [2.24, 2.45) is 0 Å². The minimum Gasteiger partial charge on any atom is -0.339 e. The quantitative estimate of drug-likeness (QED) is 0.838. The molecule has 0 aliphatic carbocycles. The Balaban J connectivity index is 1.99. The fourth-order valence-electron chi connectivity index (χ4n) is 2.77. The zero-order valence-corrected chi connectivity index (χ0v) is 13.6. The predicted molar refractivity (Wildman–Crippen MR) is 82.5 cm³/mol. The van der Waals surface area contributed by atoms with Gasteiger partial charge in [-0.3, -0.25) is 4.79 Å². The van der Waals surface area contributed by atoms with Crippen LogP contribution in [0.1, 0.15) is 18.1 Å². The van der Waals surface area contributed by atoms with Crippen LogP contribution in [0.2, 0.25) is 0 Å². The van der Waals surface area contributed by atoms with Gasteiger partial charge in [0.25, 0.3) is 0 Å². The average molecular weight is 310 g/mol. The topological polar surface area (TPSA) is 57.7 Å². The molecular formula is C15H22N2O3S. The number of benzene rings is 1. The Labute approximate surface area is 126 Å². The maximum absolute atomic E-state index is 12.3. The summed E-state index contributed by atoms with van der Waals surface area (Å²) in [6.07, 6.45) is 1.58. The van der Waals surface area contributed by atoms with E-state index in [-0.39, 0.29) is 11.9 Å². The van der Waals surface area contributed by atoms with Crippen molar-refractivity contribution in [1.82, 2.24) is 9.21 Å². The van der Waals surface area contributed by atoms with Crippen molar-refractivity contribution in [2.75, 3.05) is 25.9 Å². The van der Waals surface area contributed by atoms with Gasteiger partial charge in [0.05, 0.1) is 12.7 Å². The second kappa shape index (κ2) is 6.15. The van der Waals surface area contributed by atoms with Crippen molar-refractivity contribution in [1.29, 1.82) is 0 Å². The molecule has 0 saturated carbocycles. The third-order valence-electron chi connectivity index (χ3n) is 3.78. The molecule has 116 valence electrons. The molecule has 21 heavy (non-hydrogen) atoms. The van der Waals surface area contributed by atoms with Crippen LogP contribution < -0.4 is 0 Å². The zero-order chi connectivity index (χ0) is 15.6. The maximum Gasteiger partial charge on any atom is 0.227 e. The van der Waals surface area contributed by atoms with E-state index in [0.29, 0.717) is 26.1 Å². The summed E-state index contributed by atoms with van der Waals surface area (Å²) in [6.45, 7) is 5.13. The maximum atomic E-state index is 12.3. The van der Waals surface area contributed by atoms with Gasteiger partial charge in [0.15, 0.2) is 0 Å². The largest absolute Gasteiger partial charge is 0.339 e. The molecule has 1 saturated heterocycles. The summed E-state index contributed by atoms with van der Waals surface area (Å²) >= 11 is 0. The van der Waals surface area contributed by atoms with E-state index in [1.165, 1.54) is 10.6 Å². The molecule has 1 atom stereocenters. The molecule has 1 fully saturated rings. The molecule has 0 unspecified atom stereocenters. The van der Waals surface area contributed by atoms with Crippen LogP contribution in [0.25, 0.3) is 0 Å². The first-order valence-corrected chi connectivity index (χ1v) is 8.92. The number of aryl methyl sites for hydroxylation is 1. The molecule has 1 aliphatic rings. The standard InChI is InChI=1S/C15H22N2O3S/c1-12-5-4-6-14(9-12)10-15(18)16-7-8-17(13(2)11-16)21(3,19)20/h4-6,9,13H,7-8,10-11H2,1-3H3/t13-/m0/s1. The molecule has 1 aromatic carbocycles. The Morgan fingerprint density at radius 1 is 1.33 bits per heavy atom. The Bertz CT molecular complexity index is 628. The van der Waals surface area contributed by atoms with Gasteiger partial charge in [0.1, 0.15) is 0 Å². The van der Waals surface area contributed by atoms with Crippen LogP contribution in [0.5, 0.6) is 0 Å². The number of amides is 1. The normalized spacial score (nSPS) is 20.5. The molecule has 0 aromatic heterocycles. The van der Waals surface area contributed by atoms with E-state index in [0.717, 1.165) is 11.1 Å². The van der Waals surface area contributed by atoms with E-state index in [1.54, 1.807) is 4.90 Å². The van der Waals surface area contributed by atoms with Gasteiger partial charge in [-0.05, 0) is 19.4 Å². The van der Waals surface area contributed by atoms with Crippen LogP contribution in [-0.4, -0.2) is 55.5 Å². The molecule has 6 heteroatoms. The van der Waals surface area contributed by atoms with Crippen molar-refractivity contribution in [3.8, 4) is 0 Å². The van der Waals surface area contributed by atoms with Crippen LogP contribution in [0.4, 0.5) is 0 Å².